The van der Waals surface area contributed by atoms with Crippen molar-refractivity contribution in [1.29, 1.82) is 0 Å². The van der Waals surface area contributed by atoms with Crippen molar-refractivity contribution in [2.45, 2.75) is 52.5 Å². The number of hydrogen-bond acceptors (Lipinski definition) is 3. The molecule has 1 saturated heterocycles. The largest absolute Gasteiger partial charge is 0.342 e. The molecule has 1 aliphatic carbocycles. The van der Waals surface area contributed by atoms with Gasteiger partial charge in [-0.25, -0.2) is 4.79 Å². The van der Waals surface area contributed by atoms with Crippen LogP contribution in [0.2, 0.25) is 0 Å². The molecule has 2 aliphatic rings. The van der Waals surface area contributed by atoms with E-state index in [1.54, 1.807) is 0 Å². The zero-order chi connectivity index (χ0) is 20.8. The Morgan fingerprint density at radius 1 is 1.03 bits per heavy atom. The van der Waals surface area contributed by atoms with Gasteiger partial charge in [0, 0.05) is 45.0 Å². The van der Waals surface area contributed by atoms with Crippen molar-refractivity contribution in [2.24, 2.45) is 5.92 Å². The lowest BCUT2D eigenvalue weighted by Gasteiger charge is -2.42. The second-order valence-corrected chi connectivity index (χ2v) is 8.32. The molecule has 3 rings (SSSR count). The van der Waals surface area contributed by atoms with E-state index >= 15 is 0 Å². The third kappa shape index (κ3) is 5.30. The summed E-state index contributed by atoms with van der Waals surface area (Å²) in [5.41, 5.74) is 2.00. The molecule has 1 N–H and O–H groups in total. The van der Waals surface area contributed by atoms with E-state index in [-0.39, 0.29) is 18.0 Å². The molecular weight excluding hydrogens is 364 g/mol. The number of nitrogens with one attached hydrogen (secondary N) is 1. The van der Waals surface area contributed by atoms with Crippen LogP contribution in [0.15, 0.2) is 24.3 Å². The minimum absolute atomic E-state index is 0.0280. The maximum Gasteiger partial charge on any atom is 0.321 e. The lowest BCUT2D eigenvalue weighted by Crippen LogP contribution is -2.58. The summed E-state index contributed by atoms with van der Waals surface area (Å²) in [5.74, 6) is 0.732. The van der Waals surface area contributed by atoms with E-state index in [1.165, 1.54) is 18.4 Å². The molecule has 1 aromatic carbocycles. The summed E-state index contributed by atoms with van der Waals surface area (Å²) in [6.07, 6.45) is 4.74. The summed E-state index contributed by atoms with van der Waals surface area (Å²) in [4.78, 5) is 32.1. The number of nitrogens with zero attached hydrogens (tertiary/aromatic N) is 3. The third-order valence-corrected chi connectivity index (χ3v) is 6.47. The minimum Gasteiger partial charge on any atom is -0.342 e. The molecule has 6 heteroatoms. The molecule has 6 nitrogen and oxygen atoms in total. The van der Waals surface area contributed by atoms with Crippen molar-refractivity contribution < 1.29 is 9.59 Å². The van der Waals surface area contributed by atoms with Crippen LogP contribution >= 0.6 is 0 Å². The average Bonchev–Trinajstić information content (AvgIpc) is 3.25. The molecule has 29 heavy (non-hydrogen) atoms. The number of likely N-dealkylation sites (N-methyl/N-ethyl adjacent to an activating group) is 1. The number of aryl methyl sites for hydroxylation is 1. The van der Waals surface area contributed by atoms with Crippen LogP contribution in [0.1, 0.15) is 45.1 Å². The van der Waals surface area contributed by atoms with Gasteiger partial charge in [-0.15, -0.1) is 0 Å². The van der Waals surface area contributed by atoms with Crippen molar-refractivity contribution in [1.82, 2.24) is 14.7 Å². The van der Waals surface area contributed by atoms with E-state index in [9.17, 15) is 9.59 Å². The highest BCUT2D eigenvalue weighted by Crippen LogP contribution is 2.32. The van der Waals surface area contributed by atoms with Crippen LogP contribution in [0, 0.1) is 12.8 Å². The minimum atomic E-state index is -0.0546. The third-order valence-electron chi connectivity index (χ3n) is 6.47. The predicted molar refractivity (Wildman–Crippen MR) is 117 cm³/mol. The van der Waals surface area contributed by atoms with Crippen molar-refractivity contribution in [3.63, 3.8) is 0 Å². The molecule has 1 aliphatic heterocycles. The van der Waals surface area contributed by atoms with Gasteiger partial charge >= 0.3 is 6.03 Å². The Labute approximate surface area is 175 Å². The molecule has 0 spiro atoms. The van der Waals surface area contributed by atoms with Gasteiger partial charge < -0.3 is 15.1 Å². The van der Waals surface area contributed by atoms with Crippen LogP contribution in [-0.2, 0) is 4.79 Å². The van der Waals surface area contributed by atoms with Crippen molar-refractivity contribution in [3.05, 3.63) is 29.8 Å². The van der Waals surface area contributed by atoms with Crippen LogP contribution in [0.4, 0.5) is 10.5 Å². The number of carbonyl (C=O) groups is 2. The first-order valence-corrected chi connectivity index (χ1v) is 11.2. The molecule has 1 aromatic rings. The fourth-order valence-electron chi connectivity index (χ4n) is 4.69. The monoisotopic (exact) mass is 400 g/mol. The van der Waals surface area contributed by atoms with E-state index < -0.39 is 0 Å². The highest BCUT2D eigenvalue weighted by atomic mass is 16.2. The van der Waals surface area contributed by atoms with Crippen LogP contribution in [0.3, 0.4) is 0 Å². The fraction of sp³-hybridized carbons (Fsp3) is 0.652. The van der Waals surface area contributed by atoms with Gasteiger partial charge in [0.1, 0.15) is 0 Å². The highest BCUT2D eigenvalue weighted by Gasteiger charge is 2.38. The Kier molecular flexibility index (Phi) is 7.53. The number of carbonyl (C=O) groups excluding carboxylic acids is 2. The van der Waals surface area contributed by atoms with E-state index in [4.69, 9.17) is 0 Å². The van der Waals surface area contributed by atoms with E-state index in [2.05, 4.69) is 24.1 Å². The number of benzene rings is 1. The zero-order valence-electron chi connectivity index (χ0n) is 18.2. The van der Waals surface area contributed by atoms with Gasteiger partial charge in [0.15, 0.2) is 0 Å². The smallest absolute Gasteiger partial charge is 0.321 e. The number of piperazine rings is 1. The van der Waals surface area contributed by atoms with Crippen LogP contribution < -0.4 is 5.32 Å². The molecule has 1 saturated carbocycles. The van der Waals surface area contributed by atoms with Gasteiger partial charge in [0.05, 0.1) is 6.04 Å². The zero-order valence-corrected chi connectivity index (χ0v) is 18.2. The van der Waals surface area contributed by atoms with Crippen molar-refractivity contribution in [2.75, 3.05) is 44.6 Å². The standard InChI is InChI=1S/C23H36N4O2/c1-4-25(5-2)22(28)21(19-8-6-7-9-19)26-14-16-27(17-15-26)23(29)24-20-12-10-18(3)11-13-20/h10-13,19,21H,4-9,14-17H2,1-3H3,(H,24,29). The molecule has 0 bridgehead atoms. The van der Waals surface area contributed by atoms with Crippen molar-refractivity contribution in [3.8, 4) is 0 Å². The maximum absolute atomic E-state index is 13.3. The molecule has 3 amide bonds. The Hall–Kier alpha value is -2.08. The Morgan fingerprint density at radius 3 is 2.17 bits per heavy atom. The summed E-state index contributed by atoms with van der Waals surface area (Å²) in [6.45, 7) is 10.5. The van der Waals surface area contributed by atoms with Gasteiger partial charge in [-0.3, -0.25) is 9.69 Å². The SMILES string of the molecule is CCN(CC)C(=O)C(C1CCCC1)N1CCN(C(=O)Nc2ccc(C)cc2)CC1. The molecular formula is C23H36N4O2. The van der Waals surface area contributed by atoms with Crippen LogP contribution in [0.5, 0.6) is 0 Å². The van der Waals surface area contributed by atoms with E-state index in [0.29, 0.717) is 19.0 Å². The van der Waals surface area contributed by atoms with E-state index in [1.807, 2.05) is 41.0 Å². The molecule has 0 aromatic heterocycles. The number of amides is 3. The predicted octanol–water partition coefficient (Wildman–Crippen LogP) is 3.57. The first kappa shape index (κ1) is 21.6. The molecule has 160 valence electrons. The van der Waals surface area contributed by atoms with Gasteiger partial charge in [0.2, 0.25) is 5.91 Å². The summed E-state index contributed by atoms with van der Waals surface area (Å²) in [7, 11) is 0. The highest BCUT2D eigenvalue weighted by molar-refractivity contribution is 5.89. The number of anilines is 1. The summed E-state index contributed by atoms with van der Waals surface area (Å²) >= 11 is 0. The normalized spacial score (nSPS) is 19.2. The van der Waals surface area contributed by atoms with Gasteiger partial charge in [-0.05, 0) is 51.7 Å². The van der Waals surface area contributed by atoms with Crippen LogP contribution in [0.25, 0.3) is 0 Å². The quantitative estimate of drug-likeness (QED) is 0.794. The Balaban J connectivity index is 1.60. The maximum atomic E-state index is 13.3. The topological polar surface area (TPSA) is 55.9 Å². The summed E-state index contributed by atoms with van der Waals surface area (Å²) in [5, 5.41) is 2.99. The molecule has 1 unspecified atom stereocenters. The van der Waals surface area contributed by atoms with Gasteiger partial charge in [-0.2, -0.15) is 0 Å². The second-order valence-electron chi connectivity index (χ2n) is 8.32. The fourth-order valence-corrected chi connectivity index (χ4v) is 4.69. The number of urea groups is 1. The summed E-state index contributed by atoms with van der Waals surface area (Å²) in [6, 6.07) is 7.78. The van der Waals surface area contributed by atoms with Crippen molar-refractivity contribution >= 4 is 17.6 Å². The lowest BCUT2D eigenvalue weighted by molar-refractivity contribution is -0.139. The molecule has 1 atom stereocenters. The van der Waals surface area contributed by atoms with E-state index in [0.717, 1.165) is 44.7 Å². The molecule has 1 heterocycles. The first-order valence-electron chi connectivity index (χ1n) is 11.2. The Bertz CT molecular complexity index is 673. The number of rotatable bonds is 6. The van der Waals surface area contributed by atoms with Gasteiger partial charge in [-0.1, -0.05) is 30.5 Å². The first-order chi connectivity index (χ1) is 14.0. The lowest BCUT2D eigenvalue weighted by atomic mass is 9.94. The molecule has 0 radical (unpaired) electrons. The molecule has 2 fully saturated rings. The Morgan fingerprint density at radius 2 is 1.62 bits per heavy atom. The average molecular weight is 401 g/mol. The number of hydrogen-bond donors (Lipinski definition) is 1. The summed E-state index contributed by atoms with van der Waals surface area (Å²) < 4.78 is 0. The van der Waals surface area contributed by atoms with Crippen LogP contribution in [-0.4, -0.2) is 71.9 Å². The van der Waals surface area contributed by atoms with Gasteiger partial charge in [0.25, 0.3) is 0 Å². The second kappa shape index (κ2) is 10.1.